The van der Waals surface area contributed by atoms with Crippen molar-refractivity contribution in [3.8, 4) is 0 Å². The summed E-state index contributed by atoms with van der Waals surface area (Å²) >= 11 is 0. The summed E-state index contributed by atoms with van der Waals surface area (Å²) < 4.78 is 0. The van der Waals surface area contributed by atoms with E-state index < -0.39 is 0 Å². The summed E-state index contributed by atoms with van der Waals surface area (Å²) in [5, 5.41) is 3.06. The van der Waals surface area contributed by atoms with Crippen LogP contribution in [0.1, 0.15) is 66.7 Å². The fourth-order valence-corrected chi connectivity index (χ4v) is 2.15. The van der Waals surface area contributed by atoms with Gasteiger partial charge in [0.1, 0.15) is 0 Å². The third-order valence-corrected chi connectivity index (χ3v) is 3.41. The van der Waals surface area contributed by atoms with Gasteiger partial charge in [-0.2, -0.15) is 0 Å². The molecule has 102 valence electrons. The minimum absolute atomic E-state index is 0.294. The van der Waals surface area contributed by atoms with E-state index in [0.717, 1.165) is 31.7 Å². The Morgan fingerprint density at radius 1 is 1.18 bits per heavy atom. The van der Waals surface area contributed by atoms with Gasteiger partial charge in [0.15, 0.2) is 0 Å². The summed E-state index contributed by atoms with van der Waals surface area (Å²) in [6, 6.07) is 0. The van der Waals surface area contributed by atoms with E-state index in [0.29, 0.717) is 17.7 Å². The average Bonchev–Trinajstić information content (AvgIpc) is 2.32. The maximum absolute atomic E-state index is 11.8. The van der Waals surface area contributed by atoms with Gasteiger partial charge in [0.2, 0.25) is 5.91 Å². The Morgan fingerprint density at radius 2 is 1.71 bits per heavy atom. The molecule has 1 aliphatic rings. The van der Waals surface area contributed by atoms with Crippen molar-refractivity contribution in [2.75, 3.05) is 6.54 Å². The third kappa shape index (κ3) is 7.40. The lowest BCUT2D eigenvalue weighted by molar-refractivity contribution is -0.126. The van der Waals surface area contributed by atoms with Crippen LogP contribution in [0.25, 0.3) is 0 Å². The number of nitrogens with one attached hydrogen (secondary N) is 1. The molecule has 0 aliphatic heterocycles. The van der Waals surface area contributed by atoms with E-state index in [-0.39, 0.29) is 0 Å². The Hall–Kier alpha value is -0.530. The highest BCUT2D eigenvalue weighted by Gasteiger charge is 2.23. The molecule has 0 unspecified atom stereocenters. The summed E-state index contributed by atoms with van der Waals surface area (Å²) in [5.74, 6) is 2.09. The van der Waals surface area contributed by atoms with E-state index in [1.165, 1.54) is 12.8 Å². The monoisotopic (exact) mass is 241 g/mol. The number of carbonyl (C=O) groups excluding carboxylic acids is 1. The first-order chi connectivity index (χ1) is 8.09. The van der Waals surface area contributed by atoms with Crippen LogP contribution in [0.5, 0.6) is 0 Å². The topological polar surface area (TPSA) is 29.1 Å². The fraction of sp³-hybridized carbons (Fsp3) is 0.933. The molecular weight excluding hydrogens is 210 g/mol. The predicted molar refractivity (Wildman–Crippen MR) is 74.9 cm³/mol. The average molecular weight is 241 g/mol. The molecule has 0 spiro atoms. The fourth-order valence-electron chi connectivity index (χ4n) is 2.15. The maximum atomic E-state index is 11.8. The van der Waals surface area contributed by atoms with Crippen molar-refractivity contribution < 1.29 is 4.79 Å². The van der Waals surface area contributed by atoms with Crippen LogP contribution in [-0.2, 0) is 4.79 Å². The molecular formula is C15H31NO. The Morgan fingerprint density at radius 3 is 2.18 bits per heavy atom. The van der Waals surface area contributed by atoms with E-state index >= 15 is 0 Å². The number of hydrogen-bond donors (Lipinski definition) is 1. The van der Waals surface area contributed by atoms with E-state index in [1.54, 1.807) is 0 Å². The summed E-state index contributed by atoms with van der Waals surface area (Å²) in [6.07, 6.45) is 5.72. The SMILES string of the molecule is CC.CC(C)CCNC(=O)C1CCC(C)CC1. The van der Waals surface area contributed by atoms with Gasteiger partial charge in [0.25, 0.3) is 0 Å². The lowest BCUT2D eigenvalue weighted by Crippen LogP contribution is -2.33. The van der Waals surface area contributed by atoms with Crippen LogP contribution in [0, 0.1) is 17.8 Å². The van der Waals surface area contributed by atoms with Gasteiger partial charge in [-0.3, -0.25) is 4.79 Å². The molecule has 1 amide bonds. The second kappa shape index (κ2) is 9.49. The van der Waals surface area contributed by atoms with Crippen LogP contribution >= 0.6 is 0 Å². The number of hydrogen-bond acceptors (Lipinski definition) is 1. The summed E-state index contributed by atoms with van der Waals surface area (Å²) in [6.45, 7) is 11.5. The lowest BCUT2D eigenvalue weighted by atomic mass is 9.82. The summed E-state index contributed by atoms with van der Waals surface area (Å²) in [5.41, 5.74) is 0. The van der Waals surface area contributed by atoms with E-state index in [1.807, 2.05) is 13.8 Å². The van der Waals surface area contributed by atoms with Gasteiger partial charge < -0.3 is 5.32 Å². The zero-order valence-corrected chi connectivity index (χ0v) is 12.4. The molecule has 0 aromatic carbocycles. The molecule has 1 rings (SSSR count). The first kappa shape index (κ1) is 16.5. The Bertz CT molecular complexity index is 193. The second-order valence-corrected chi connectivity index (χ2v) is 5.43. The molecule has 0 aromatic heterocycles. The standard InChI is InChI=1S/C13H25NO.C2H6/c1-10(2)8-9-14-13(15)12-6-4-11(3)5-7-12;1-2/h10-12H,4-9H2,1-3H3,(H,14,15);1-2H3. The third-order valence-electron chi connectivity index (χ3n) is 3.41. The molecule has 2 nitrogen and oxygen atoms in total. The molecule has 0 atom stereocenters. The normalized spacial score (nSPS) is 23.9. The van der Waals surface area contributed by atoms with Gasteiger partial charge in [-0.25, -0.2) is 0 Å². The molecule has 0 saturated heterocycles. The van der Waals surface area contributed by atoms with Crippen LogP contribution < -0.4 is 5.32 Å². The zero-order valence-electron chi connectivity index (χ0n) is 12.4. The van der Waals surface area contributed by atoms with Crippen molar-refractivity contribution in [2.45, 2.75) is 66.7 Å². The van der Waals surface area contributed by atoms with E-state index in [9.17, 15) is 4.79 Å². The lowest BCUT2D eigenvalue weighted by Gasteiger charge is -2.25. The number of amides is 1. The first-order valence-corrected chi connectivity index (χ1v) is 7.37. The van der Waals surface area contributed by atoms with Crippen LogP contribution in [-0.4, -0.2) is 12.5 Å². The predicted octanol–water partition coefficient (Wildman–Crippen LogP) is 4.00. The molecule has 0 bridgehead atoms. The minimum atomic E-state index is 0.294. The highest BCUT2D eigenvalue weighted by molar-refractivity contribution is 5.78. The number of rotatable bonds is 4. The first-order valence-electron chi connectivity index (χ1n) is 7.37. The van der Waals surface area contributed by atoms with Crippen LogP contribution in [0.15, 0.2) is 0 Å². The molecule has 0 aromatic rings. The molecule has 0 heterocycles. The molecule has 1 fully saturated rings. The quantitative estimate of drug-likeness (QED) is 0.792. The van der Waals surface area contributed by atoms with Crippen LogP contribution in [0.2, 0.25) is 0 Å². The minimum Gasteiger partial charge on any atom is -0.356 e. The van der Waals surface area contributed by atoms with E-state index in [2.05, 4.69) is 26.1 Å². The van der Waals surface area contributed by atoms with Crippen molar-refractivity contribution in [3.63, 3.8) is 0 Å². The van der Waals surface area contributed by atoms with Crippen LogP contribution in [0.3, 0.4) is 0 Å². The zero-order chi connectivity index (χ0) is 13.3. The van der Waals surface area contributed by atoms with Gasteiger partial charge in [-0.15, -0.1) is 0 Å². The van der Waals surface area contributed by atoms with Crippen molar-refractivity contribution in [1.82, 2.24) is 5.32 Å². The second-order valence-electron chi connectivity index (χ2n) is 5.43. The van der Waals surface area contributed by atoms with Gasteiger partial charge >= 0.3 is 0 Å². The van der Waals surface area contributed by atoms with Crippen molar-refractivity contribution in [3.05, 3.63) is 0 Å². The van der Waals surface area contributed by atoms with Gasteiger partial charge in [-0.1, -0.05) is 34.6 Å². The molecule has 2 heteroatoms. The Balaban J connectivity index is 0.00000121. The Labute approximate surface area is 108 Å². The molecule has 0 radical (unpaired) electrons. The summed E-state index contributed by atoms with van der Waals surface area (Å²) in [4.78, 5) is 11.8. The van der Waals surface area contributed by atoms with E-state index in [4.69, 9.17) is 0 Å². The molecule has 17 heavy (non-hydrogen) atoms. The Kier molecular flexibility index (Phi) is 9.20. The highest BCUT2D eigenvalue weighted by atomic mass is 16.1. The van der Waals surface area contributed by atoms with Crippen molar-refractivity contribution >= 4 is 5.91 Å². The van der Waals surface area contributed by atoms with Gasteiger partial charge in [0.05, 0.1) is 0 Å². The maximum Gasteiger partial charge on any atom is 0.223 e. The van der Waals surface area contributed by atoms with Crippen molar-refractivity contribution in [1.29, 1.82) is 0 Å². The smallest absolute Gasteiger partial charge is 0.223 e. The molecule has 1 saturated carbocycles. The van der Waals surface area contributed by atoms with Crippen molar-refractivity contribution in [2.24, 2.45) is 17.8 Å². The molecule has 1 N–H and O–H groups in total. The largest absolute Gasteiger partial charge is 0.356 e. The number of carbonyl (C=O) groups is 1. The van der Waals surface area contributed by atoms with Crippen LogP contribution in [0.4, 0.5) is 0 Å². The summed E-state index contributed by atoms with van der Waals surface area (Å²) in [7, 11) is 0. The highest BCUT2D eigenvalue weighted by Crippen LogP contribution is 2.28. The van der Waals surface area contributed by atoms with Gasteiger partial charge in [-0.05, 0) is 43.9 Å². The van der Waals surface area contributed by atoms with Gasteiger partial charge in [0, 0.05) is 12.5 Å². The molecule has 1 aliphatic carbocycles.